The van der Waals surface area contributed by atoms with Crippen molar-refractivity contribution < 1.29 is 32.1 Å². The fourth-order valence-corrected chi connectivity index (χ4v) is 19.6. The number of carboxylic acid groups (broad SMARTS) is 2. The molecule has 0 bridgehead atoms. The molecule has 7 nitrogen and oxygen atoms in total. The van der Waals surface area contributed by atoms with E-state index in [9.17, 15) is 19.8 Å². The van der Waals surface area contributed by atoms with Crippen molar-refractivity contribution in [3.63, 3.8) is 0 Å². The lowest BCUT2D eigenvalue weighted by molar-refractivity contribution is -0.135. The van der Waals surface area contributed by atoms with Crippen LogP contribution in [0.1, 0.15) is 44.9 Å². The third-order valence-electron chi connectivity index (χ3n) is 5.32. The SMILES string of the molecule is C[Si](C)(C)O[Si](O[Si](C)(C)C)(O[Si](C)(C)C)C(CC/C(=C\C(=O)O)C(=O)O)C1CCCCC1. The highest BCUT2D eigenvalue weighted by molar-refractivity contribution is 6.90. The molecule has 1 saturated carbocycles. The van der Waals surface area contributed by atoms with E-state index in [0.29, 0.717) is 12.3 Å². The van der Waals surface area contributed by atoms with Crippen molar-refractivity contribution in [2.45, 2.75) is 109 Å². The lowest BCUT2D eigenvalue weighted by atomic mass is 9.85. The molecule has 1 unspecified atom stereocenters. The molecule has 0 heterocycles. The Labute approximate surface area is 204 Å². The third kappa shape index (κ3) is 11.6. The van der Waals surface area contributed by atoms with Gasteiger partial charge in [0, 0.05) is 17.2 Å². The van der Waals surface area contributed by atoms with Crippen molar-refractivity contribution in [2.24, 2.45) is 5.92 Å². The van der Waals surface area contributed by atoms with Crippen molar-refractivity contribution in [3.8, 4) is 0 Å². The van der Waals surface area contributed by atoms with Crippen LogP contribution in [0.4, 0.5) is 0 Å². The van der Waals surface area contributed by atoms with Crippen LogP contribution in [0.15, 0.2) is 11.6 Å². The second kappa shape index (κ2) is 11.9. The molecular formula is C22H46O7Si4. The van der Waals surface area contributed by atoms with Crippen LogP contribution in [0.2, 0.25) is 64.5 Å². The summed E-state index contributed by atoms with van der Waals surface area (Å²) < 4.78 is 21.0. The van der Waals surface area contributed by atoms with Gasteiger partial charge in [-0.2, -0.15) is 0 Å². The average Bonchev–Trinajstić information content (AvgIpc) is 2.56. The summed E-state index contributed by atoms with van der Waals surface area (Å²) in [5.41, 5.74) is -0.125. The Morgan fingerprint density at radius 1 is 0.818 bits per heavy atom. The number of carboxylic acids is 2. The van der Waals surface area contributed by atoms with Gasteiger partial charge in [-0.1, -0.05) is 32.1 Å². The van der Waals surface area contributed by atoms with Gasteiger partial charge in [0.2, 0.25) is 0 Å². The minimum atomic E-state index is -3.24. The smallest absolute Gasteiger partial charge is 0.473 e. The summed E-state index contributed by atoms with van der Waals surface area (Å²) in [4.78, 5) is 23.0. The zero-order valence-electron chi connectivity index (χ0n) is 22.1. The van der Waals surface area contributed by atoms with Crippen molar-refractivity contribution in [1.29, 1.82) is 0 Å². The first-order valence-electron chi connectivity index (χ1n) is 12.1. The van der Waals surface area contributed by atoms with Crippen molar-refractivity contribution in [2.75, 3.05) is 0 Å². The van der Waals surface area contributed by atoms with E-state index in [-0.39, 0.29) is 17.5 Å². The zero-order chi connectivity index (χ0) is 25.7. The van der Waals surface area contributed by atoms with E-state index in [1.54, 1.807) is 0 Å². The molecule has 33 heavy (non-hydrogen) atoms. The number of rotatable bonds is 13. The maximum absolute atomic E-state index is 11.8. The van der Waals surface area contributed by atoms with E-state index in [2.05, 4.69) is 58.9 Å². The van der Waals surface area contributed by atoms with Crippen LogP contribution in [0.3, 0.4) is 0 Å². The maximum atomic E-state index is 11.8. The highest BCUT2D eigenvalue weighted by atomic mass is 28.5. The molecule has 0 aromatic rings. The van der Waals surface area contributed by atoms with Gasteiger partial charge in [-0.15, -0.1) is 0 Å². The summed E-state index contributed by atoms with van der Waals surface area (Å²) in [5.74, 6) is -2.09. The Morgan fingerprint density at radius 2 is 1.24 bits per heavy atom. The van der Waals surface area contributed by atoms with Gasteiger partial charge in [0.25, 0.3) is 0 Å². The molecule has 192 valence electrons. The summed E-state index contributed by atoms with van der Waals surface area (Å²) in [6.07, 6.45) is 7.05. The first kappa shape index (κ1) is 30.5. The second-order valence-corrected chi connectivity index (χ2v) is 29.2. The van der Waals surface area contributed by atoms with Crippen LogP contribution >= 0.6 is 0 Å². The number of hydrogen-bond donors (Lipinski definition) is 2. The van der Waals surface area contributed by atoms with E-state index in [1.165, 1.54) is 6.42 Å². The quantitative estimate of drug-likeness (QED) is 0.211. The number of carbonyl (C=O) groups is 2. The van der Waals surface area contributed by atoms with Gasteiger partial charge in [-0.3, -0.25) is 0 Å². The Hall–Kier alpha value is -0.572. The summed E-state index contributed by atoms with van der Waals surface area (Å²) in [5, 5.41) is 18.8. The first-order valence-corrected chi connectivity index (χ1v) is 24.1. The van der Waals surface area contributed by atoms with Gasteiger partial charge in [-0.25, -0.2) is 9.59 Å². The van der Waals surface area contributed by atoms with Gasteiger partial charge < -0.3 is 22.6 Å². The molecule has 0 aromatic carbocycles. The first-order chi connectivity index (χ1) is 14.8. The summed E-state index contributed by atoms with van der Waals surface area (Å²) in [6.45, 7) is 19.4. The molecule has 0 aliphatic heterocycles. The van der Waals surface area contributed by atoms with Crippen molar-refractivity contribution >= 4 is 45.7 Å². The topological polar surface area (TPSA) is 102 Å². The molecule has 1 rings (SSSR count). The molecule has 11 heteroatoms. The second-order valence-electron chi connectivity index (χ2n) is 12.1. The molecule has 1 atom stereocenters. The molecule has 0 saturated heterocycles. The Kier molecular flexibility index (Phi) is 11.0. The van der Waals surface area contributed by atoms with Crippen molar-refractivity contribution in [1.82, 2.24) is 0 Å². The van der Waals surface area contributed by atoms with Gasteiger partial charge in [0.15, 0.2) is 25.0 Å². The fourth-order valence-electron chi connectivity index (χ4n) is 4.51. The summed E-state index contributed by atoms with van der Waals surface area (Å²) in [7, 11) is -9.52. The van der Waals surface area contributed by atoms with Gasteiger partial charge in [0.1, 0.15) is 0 Å². The Morgan fingerprint density at radius 3 is 1.58 bits per heavy atom. The van der Waals surface area contributed by atoms with Crippen LogP contribution in [0, 0.1) is 5.92 Å². The van der Waals surface area contributed by atoms with E-state index in [1.807, 2.05) is 0 Å². The molecule has 0 aromatic heterocycles. The molecule has 1 aliphatic rings. The maximum Gasteiger partial charge on any atom is 0.473 e. The predicted octanol–water partition coefficient (Wildman–Crippen LogP) is 6.31. The molecule has 0 amide bonds. The molecule has 0 spiro atoms. The normalized spacial score (nSPS) is 18.3. The highest BCUT2D eigenvalue weighted by Gasteiger charge is 2.57. The average molecular weight is 535 g/mol. The molecule has 1 aliphatic carbocycles. The van der Waals surface area contributed by atoms with E-state index >= 15 is 0 Å². The minimum Gasteiger partial charge on any atom is -0.478 e. The number of aliphatic carboxylic acids is 2. The van der Waals surface area contributed by atoms with E-state index in [4.69, 9.17) is 12.3 Å². The predicted molar refractivity (Wildman–Crippen MR) is 142 cm³/mol. The van der Waals surface area contributed by atoms with Crippen LogP contribution in [0.5, 0.6) is 0 Å². The van der Waals surface area contributed by atoms with Crippen LogP contribution in [-0.2, 0) is 21.9 Å². The zero-order valence-corrected chi connectivity index (χ0v) is 26.1. The van der Waals surface area contributed by atoms with Crippen LogP contribution in [0.25, 0.3) is 0 Å². The van der Waals surface area contributed by atoms with Gasteiger partial charge in [0.05, 0.1) is 0 Å². The van der Waals surface area contributed by atoms with Gasteiger partial charge in [-0.05, 0) is 77.7 Å². The van der Waals surface area contributed by atoms with Gasteiger partial charge >= 0.3 is 20.7 Å². The van der Waals surface area contributed by atoms with Crippen molar-refractivity contribution in [3.05, 3.63) is 11.6 Å². The standard InChI is InChI=1S/C22H46O7Si4/c1-30(2,3)27-33(28-31(4,5)6,29-32(7,8)9)20(18-13-11-10-12-14-18)16-15-19(22(25)26)17-21(23)24/h17-18,20H,10-16H2,1-9H3,(H,23,24)(H,25,26)/b19-17+. The number of hydrogen-bond acceptors (Lipinski definition) is 5. The fraction of sp³-hybridized carbons (Fsp3) is 0.818. The molecule has 0 radical (unpaired) electrons. The minimum absolute atomic E-state index is 0.0421. The lowest BCUT2D eigenvalue weighted by Gasteiger charge is -2.49. The third-order valence-corrected chi connectivity index (χ3v) is 17.7. The Bertz CT molecular complexity index is 658. The van der Waals surface area contributed by atoms with E-state index in [0.717, 1.165) is 31.8 Å². The van der Waals surface area contributed by atoms with E-state index < -0.39 is 45.7 Å². The largest absolute Gasteiger partial charge is 0.478 e. The molecular weight excluding hydrogens is 489 g/mol. The Balaban J connectivity index is 3.60. The lowest BCUT2D eigenvalue weighted by Crippen LogP contribution is -2.64. The van der Waals surface area contributed by atoms with Crippen LogP contribution < -0.4 is 0 Å². The molecule has 1 fully saturated rings. The monoisotopic (exact) mass is 534 g/mol. The molecule has 2 N–H and O–H groups in total. The summed E-state index contributed by atoms with van der Waals surface area (Å²) in [6, 6.07) is 0. The highest BCUT2D eigenvalue weighted by Crippen LogP contribution is 2.47. The van der Waals surface area contributed by atoms with Crippen LogP contribution in [-0.4, -0.2) is 55.9 Å². The summed E-state index contributed by atoms with van der Waals surface area (Å²) >= 11 is 0.